The number of amides is 1. The van der Waals surface area contributed by atoms with E-state index in [0.717, 1.165) is 6.07 Å². The van der Waals surface area contributed by atoms with Crippen molar-refractivity contribution < 1.29 is 14.5 Å². The fourth-order valence-corrected chi connectivity index (χ4v) is 2.53. The molecular weight excluding hydrogens is 395 g/mol. The van der Waals surface area contributed by atoms with Crippen LogP contribution in [0.15, 0.2) is 46.6 Å². The Morgan fingerprint density at radius 1 is 1.15 bits per heavy atom. The first-order valence-electron chi connectivity index (χ1n) is 7.61. The number of hydrogen-bond acceptors (Lipinski definition) is 6. The molecule has 0 aliphatic rings. The Morgan fingerprint density at radius 3 is 2.37 bits per heavy atom. The van der Waals surface area contributed by atoms with Gasteiger partial charge in [0, 0.05) is 21.8 Å². The molecule has 1 amide bonds. The second-order valence-electron chi connectivity index (χ2n) is 5.57. The number of benzene rings is 2. The molecule has 0 spiro atoms. The predicted octanol–water partition coefficient (Wildman–Crippen LogP) is 4.89. The van der Waals surface area contributed by atoms with Gasteiger partial charge in [-0.1, -0.05) is 23.2 Å². The van der Waals surface area contributed by atoms with Gasteiger partial charge in [-0.15, -0.1) is 5.11 Å². The highest BCUT2D eigenvalue weighted by Crippen LogP contribution is 2.30. The van der Waals surface area contributed by atoms with Crippen LogP contribution in [0.3, 0.4) is 0 Å². The Hall–Kier alpha value is -2.84. The lowest BCUT2D eigenvalue weighted by Gasteiger charge is -2.11. The van der Waals surface area contributed by atoms with Gasteiger partial charge in [-0.2, -0.15) is 5.11 Å². The summed E-state index contributed by atoms with van der Waals surface area (Å²) in [6.45, 7) is 2.91. The minimum absolute atomic E-state index is 0.119. The van der Waals surface area contributed by atoms with E-state index in [-0.39, 0.29) is 16.4 Å². The highest BCUT2D eigenvalue weighted by molar-refractivity contribution is 6.31. The summed E-state index contributed by atoms with van der Waals surface area (Å²) in [7, 11) is 0. The summed E-state index contributed by atoms with van der Waals surface area (Å²) < 4.78 is 0. The molecule has 0 aliphatic carbocycles. The summed E-state index contributed by atoms with van der Waals surface area (Å²) in [5.74, 6) is -1.28. The third kappa shape index (κ3) is 5.32. The van der Waals surface area contributed by atoms with Gasteiger partial charge in [0.15, 0.2) is 11.5 Å². The zero-order valence-electron chi connectivity index (χ0n) is 14.3. The average Bonchev–Trinajstić information content (AvgIpc) is 2.58. The lowest BCUT2D eigenvalue weighted by Crippen LogP contribution is -2.32. The number of carbonyl (C=O) groups is 2. The highest BCUT2D eigenvalue weighted by Gasteiger charge is 2.24. The van der Waals surface area contributed by atoms with Gasteiger partial charge in [0.25, 0.3) is 11.6 Å². The summed E-state index contributed by atoms with van der Waals surface area (Å²) >= 11 is 11.6. The Labute approximate surface area is 164 Å². The van der Waals surface area contributed by atoms with E-state index < -0.39 is 22.7 Å². The standard InChI is InChI=1S/C17H14Cl2N4O4/c1-9-7-11(18)3-5-13(9)20-17(25)16(10(2)24)22-21-14-6-4-12(19)8-15(14)23(26)27/h3-8,16H,1-2H3,(H,20,25)/t16-/m0/s1. The lowest BCUT2D eigenvalue weighted by molar-refractivity contribution is -0.384. The maximum Gasteiger partial charge on any atom is 0.298 e. The van der Waals surface area contributed by atoms with Crippen LogP contribution in [0.25, 0.3) is 0 Å². The molecule has 0 bridgehead atoms. The number of hydrogen-bond donors (Lipinski definition) is 1. The van der Waals surface area contributed by atoms with Gasteiger partial charge in [0.2, 0.25) is 6.04 Å². The Morgan fingerprint density at radius 2 is 1.78 bits per heavy atom. The van der Waals surface area contributed by atoms with E-state index in [1.165, 1.54) is 19.1 Å². The summed E-state index contributed by atoms with van der Waals surface area (Å²) in [4.78, 5) is 34.6. The van der Waals surface area contributed by atoms with E-state index in [1.807, 2.05) is 0 Å². The molecule has 10 heteroatoms. The maximum atomic E-state index is 12.4. The first kappa shape index (κ1) is 20.5. The third-order valence-corrected chi connectivity index (χ3v) is 3.97. The van der Waals surface area contributed by atoms with Crippen molar-refractivity contribution in [2.75, 3.05) is 5.32 Å². The highest BCUT2D eigenvalue weighted by atomic mass is 35.5. The molecule has 2 aromatic rings. The zero-order chi connectivity index (χ0) is 20.1. The average molecular weight is 409 g/mol. The van der Waals surface area contributed by atoms with Crippen LogP contribution in [-0.4, -0.2) is 22.7 Å². The molecule has 1 N–H and O–H groups in total. The van der Waals surface area contributed by atoms with E-state index in [2.05, 4.69) is 15.5 Å². The number of rotatable bonds is 6. The fourth-order valence-electron chi connectivity index (χ4n) is 2.13. The van der Waals surface area contributed by atoms with Crippen LogP contribution in [0.2, 0.25) is 10.0 Å². The van der Waals surface area contributed by atoms with Crippen LogP contribution in [0.4, 0.5) is 17.1 Å². The van der Waals surface area contributed by atoms with E-state index in [1.54, 1.807) is 25.1 Å². The van der Waals surface area contributed by atoms with Crippen LogP contribution in [0, 0.1) is 17.0 Å². The van der Waals surface area contributed by atoms with Gasteiger partial charge in [-0.25, -0.2) is 0 Å². The van der Waals surface area contributed by atoms with Crippen LogP contribution >= 0.6 is 23.2 Å². The van der Waals surface area contributed by atoms with Gasteiger partial charge in [-0.3, -0.25) is 19.7 Å². The molecule has 0 aliphatic heterocycles. The smallest absolute Gasteiger partial charge is 0.298 e. The monoisotopic (exact) mass is 408 g/mol. The van der Waals surface area contributed by atoms with E-state index in [0.29, 0.717) is 16.3 Å². The molecule has 0 fully saturated rings. The number of ketones is 1. The van der Waals surface area contributed by atoms with Crippen LogP contribution in [-0.2, 0) is 9.59 Å². The number of aryl methyl sites for hydroxylation is 1. The van der Waals surface area contributed by atoms with Crippen LogP contribution in [0.5, 0.6) is 0 Å². The molecule has 2 rings (SSSR count). The topological polar surface area (TPSA) is 114 Å². The number of nitro groups is 1. The van der Waals surface area contributed by atoms with Gasteiger partial charge in [0.05, 0.1) is 4.92 Å². The second kappa shape index (κ2) is 8.70. The molecule has 140 valence electrons. The molecule has 1 atom stereocenters. The van der Waals surface area contributed by atoms with Crippen molar-refractivity contribution >= 4 is 52.0 Å². The van der Waals surface area contributed by atoms with Crippen molar-refractivity contribution in [1.82, 2.24) is 0 Å². The first-order chi connectivity index (χ1) is 12.7. The zero-order valence-corrected chi connectivity index (χ0v) is 15.8. The van der Waals surface area contributed by atoms with Crippen molar-refractivity contribution in [1.29, 1.82) is 0 Å². The molecule has 0 unspecified atom stereocenters. The normalized spacial score (nSPS) is 12.0. The van der Waals surface area contributed by atoms with Crippen LogP contribution in [0.1, 0.15) is 12.5 Å². The first-order valence-corrected chi connectivity index (χ1v) is 8.37. The molecule has 0 saturated carbocycles. The van der Waals surface area contributed by atoms with Crippen LogP contribution < -0.4 is 5.32 Å². The summed E-state index contributed by atoms with van der Waals surface area (Å²) in [6, 6.07) is 7.15. The second-order valence-corrected chi connectivity index (χ2v) is 6.44. The molecule has 27 heavy (non-hydrogen) atoms. The van der Waals surface area contributed by atoms with Crippen molar-refractivity contribution in [2.45, 2.75) is 19.9 Å². The predicted molar refractivity (Wildman–Crippen MR) is 102 cm³/mol. The van der Waals surface area contributed by atoms with Gasteiger partial charge >= 0.3 is 0 Å². The molecule has 0 radical (unpaired) electrons. The molecule has 2 aromatic carbocycles. The van der Waals surface area contributed by atoms with Crippen molar-refractivity contribution in [3.63, 3.8) is 0 Å². The molecule has 0 aromatic heterocycles. The van der Waals surface area contributed by atoms with Crippen molar-refractivity contribution in [3.05, 3.63) is 62.1 Å². The van der Waals surface area contributed by atoms with E-state index >= 15 is 0 Å². The largest absolute Gasteiger partial charge is 0.324 e. The van der Waals surface area contributed by atoms with E-state index in [4.69, 9.17) is 23.2 Å². The maximum absolute atomic E-state index is 12.4. The quantitative estimate of drug-likeness (QED) is 0.317. The third-order valence-electron chi connectivity index (χ3n) is 3.49. The minimum Gasteiger partial charge on any atom is -0.324 e. The number of halogens is 2. The number of nitrogens with zero attached hydrogens (tertiary/aromatic N) is 3. The number of nitro benzene ring substituents is 1. The van der Waals surface area contributed by atoms with Crippen molar-refractivity contribution in [2.24, 2.45) is 10.2 Å². The number of nitrogens with one attached hydrogen (secondary N) is 1. The number of anilines is 1. The number of azo groups is 1. The van der Waals surface area contributed by atoms with E-state index in [9.17, 15) is 19.7 Å². The van der Waals surface area contributed by atoms with Gasteiger partial charge in [-0.05, 0) is 49.7 Å². The van der Waals surface area contributed by atoms with Gasteiger partial charge < -0.3 is 5.32 Å². The number of carbonyl (C=O) groups excluding carboxylic acids is 2. The summed E-state index contributed by atoms with van der Waals surface area (Å²) in [6.07, 6.45) is 0. The molecule has 0 heterocycles. The Bertz CT molecular complexity index is 947. The minimum atomic E-state index is -1.46. The Kier molecular flexibility index (Phi) is 6.59. The Balaban J connectivity index is 2.27. The van der Waals surface area contributed by atoms with Gasteiger partial charge in [0.1, 0.15) is 0 Å². The summed E-state index contributed by atoms with van der Waals surface area (Å²) in [5.41, 5.74) is 0.653. The molecular formula is C17H14Cl2N4O4. The SMILES string of the molecule is CC(=O)[C@H](N=Nc1ccc(Cl)cc1[N+](=O)[O-])C(=O)Nc1ccc(Cl)cc1C. The number of Topliss-reactive ketones (excluding diaryl/α,β-unsaturated/α-hetero) is 1. The van der Waals surface area contributed by atoms with Crippen molar-refractivity contribution in [3.8, 4) is 0 Å². The molecule has 0 saturated heterocycles. The lowest BCUT2D eigenvalue weighted by atomic mass is 10.1. The summed E-state index contributed by atoms with van der Waals surface area (Å²) in [5, 5.41) is 21.7. The fraction of sp³-hybridized carbons (Fsp3) is 0.176. The molecule has 8 nitrogen and oxygen atoms in total.